The van der Waals surface area contributed by atoms with Crippen molar-refractivity contribution in [2.24, 2.45) is 5.73 Å². The van der Waals surface area contributed by atoms with Crippen molar-refractivity contribution in [2.75, 3.05) is 0 Å². The van der Waals surface area contributed by atoms with Crippen molar-refractivity contribution in [1.29, 1.82) is 0 Å². The van der Waals surface area contributed by atoms with E-state index >= 15 is 0 Å². The molecular weight excluding hydrogens is 290 g/mol. The molecule has 2 N–H and O–H groups in total. The summed E-state index contributed by atoms with van der Waals surface area (Å²) in [5.41, 5.74) is 7.60. The molecule has 0 radical (unpaired) electrons. The maximum atomic E-state index is 5.95. The fraction of sp³-hybridized carbons (Fsp3) is 0.188. The van der Waals surface area contributed by atoms with Gasteiger partial charge in [-0.1, -0.05) is 49.8 Å². The number of hydrogen-bond acceptors (Lipinski definition) is 2. The van der Waals surface area contributed by atoms with Crippen LogP contribution in [0.4, 0.5) is 0 Å². The average Bonchev–Trinajstić information content (AvgIpc) is 2.41. The number of thiocarbonyl (C=S) groups is 1. The van der Waals surface area contributed by atoms with Gasteiger partial charge in [0.2, 0.25) is 0 Å². The van der Waals surface area contributed by atoms with E-state index in [1.165, 1.54) is 5.56 Å². The lowest BCUT2D eigenvalue weighted by molar-refractivity contribution is 0.481. The Kier molecular flexibility index (Phi) is 4.63. The standard InChI is InChI=1S/C16H16ClNOS/c1-10(2)11-3-6-13(7-4-11)19-15-8-5-12(17)9-14(15)16(18)20/h3-10H,1-2H3,(H2,18,20). The number of halogens is 1. The Morgan fingerprint density at radius 2 is 1.80 bits per heavy atom. The lowest BCUT2D eigenvalue weighted by Gasteiger charge is -2.12. The maximum Gasteiger partial charge on any atom is 0.137 e. The van der Waals surface area contributed by atoms with Gasteiger partial charge in [-0.25, -0.2) is 0 Å². The summed E-state index contributed by atoms with van der Waals surface area (Å²) in [6.07, 6.45) is 0. The Hall–Kier alpha value is -1.58. The van der Waals surface area contributed by atoms with E-state index in [4.69, 9.17) is 34.3 Å². The van der Waals surface area contributed by atoms with E-state index in [0.717, 1.165) is 5.75 Å². The van der Waals surface area contributed by atoms with Crippen LogP contribution in [0.25, 0.3) is 0 Å². The molecule has 2 nitrogen and oxygen atoms in total. The molecule has 20 heavy (non-hydrogen) atoms. The van der Waals surface area contributed by atoms with E-state index in [2.05, 4.69) is 26.0 Å². The molecule has 0 amide bonds. The van der Waals surface area contributed by atoms with Crippen LogP contribution in [0.5, 0.6) is 11.5 Å². The molecule has 0 bridgehead atoms. The van der Waals surface area contributed by atoms with Gasteiger partial charge in [0.25, 0.3) is 0 Å². The van der Waals surface area contributed by atoms with Gasteiger partial charge in [0.15, 0.2) is 0 Å². The van der Waals surface area contributed by atoms with Gasteiger partial charge in [0, 0.05) is 5.02 Å². The number of hydrogen-bond donors (Lipinski definition) is 1. The Balaban J connectivity index is 2.28. The van der Waals surface area contributed by atoms with Gasteiger partial charge < -0.3 is 10.5 Å². The first kappa shape index (κ1) is 14.8. The predicted octanol–water partition coefficient (Wildman–Crippen LogP) is 4.89. The minimum absolute atomic E-state index is 0.265. The molecule has 2 rings (SSSR count). The summed E-state index contributed by atoms with van der Waals surface area (Å²) in [7, 11) is 0. The quantitative estimate of drug-likeness (QED) is 0.817. The topological polar surface area (TPSA) is 35.2 Å². The van der Waals surface area contributed by atoms with Crippen molar-refractivity contribution in [3.8, 4) is 11.5 Å². The zero-order valence-corrected chi connectivity index (χ0v) is 13.0. The van der Waals surface area contributed by atoms with E-state index in [-0.39, 0.29) is 4.99 Å². The third kappa shape index (κ3) is 3.50. The highest BCUT2D eigenvalue weighted by molar-refractivity contribution is 7.80. The number of nitrogens with two attached hydrogens (primary N) is 1. The molecule has 0 heterocycles. The Morgan fingerprint density at radius 3 is 2.35 bits per heavy atom. The van der Waals surface area contributed by atoms with Gasteiger partial charge in [-0.2, -0.15) is 0 Å². The second-order valence-corrected chi connectivity index (χ2v) is 5.71. The third-order valence-corrected chi connectivity index (χ3v) is 3.44. The normalized spacial score (nSPS) is 10.6. The second kappa shape index (κ2) is 6.25. The number of ether oxygens (including phenoxy) is 1. The molecule has 0 aliphatic heterocycles. The van der Waals surface area contributed by atoms with Crippen molar-refractivity contribution in [1.82, 2.24) is 0 Å². The van der Waals surface area contributed by atoms with Crippen LogP contribution >= 0.6 is 23.8 Å². The van der Waals surface area contributed by atoms with Gasteiger partial charge in [0.1, 0.15) is 16.5 Å². The first-order valence-electron chi connectivity index (χ1n) is 6.34. The Labute approximate surface area is 129 Å². The summed E-state index contributed by atoms with van der Waals surface area (Å²) in [6.45, 7) is 4.31. The molecule has 0 fully saturated rings. The summed E-state index contributed by atoms with van der Waals surface area (Å²) in [5, 5.41) is 0.579. The highest BCUT2D eigenvalue weighted by Crippen LogP contribution is 2.28. The van der Waals surface area contributed by atoms with Crippen LogP contribution in [-0.2, 0) is 0 Å². The molecule has 0 atom stereocenters. The Bertz CT molecular complexity index is 623. The SMILES string of the molecule is CC(C)c1ccc(Oc2ccc(Cl)cc2C(N)=S)cc1. The van der Waals surface area contributed by atoms with Gasteiger partial charge >= 0.3 is 0 Å². The van der Waals surface area contributed by atoms with Crippen molar-refractivity contribution in [3.63, 3.8) is 0 Å². The number of benzene rings is 2. The predicted molar refractivity (Wildman–Crippen MR) is 87.9 cm³/mol. The van der Waals surface area contributed by atoms with Crippen LogP contribution < -0.4 is 10.5 Å². The third-order valence-electron chi connectivity index (χ3n) is 2.98. The summed E-state index contributed by atoms with van der Waals surface area (Å²) in [5.74, 6) is 1.85. The van der Waals surface area contributed by atoms with Gasteiger partial charge in [-0.3, -0.25) is 0 Å². The first-order valence-corrected chi connectivity index (χ1v) is 7.13. The van der Waals surface area contributed by atoms with Crippen LogP contribution in [0.1, 0.15) is 30.9 Å². The van der Waals surface area contributed by atoms with E-state index in [1.54, 1.807) is 18.2 Å². The Morgan fingerprint density at radius 1 is 1.15 bits per heavy atom. The summed E-state index contributed by atoms with van der Waals surface area (Å²) >= 11 is 11.0. The first-order chi connectivity index (χ1) is 9.47. The molecule has 104 valence electrons. The van der Waals surface area contributed by atoms with Crippen LogP contribution in [0.2, 0.25) is 5.02 Å². The van der Waals surface area contributed by atoms with Gasteiger partial charge in [0.05, 0.1) is 5.56 Å². The fourth-order valence-corrected chi connectivity index (χ4v) is 2.16. The second-order valence-electron chi connectivity index (χ2n) is 4.83. The highest BCUT2D eigenvalue weighted by Gasteiger charge is 2.09. The zero-order chi connectivity index (χ0) is 14.7. The van der Waals surface area contributed by atoms with Gasteiger partial charge in [-0.05, 0) is 41.8 Å². The summed E-state index contributed by atoms with van der Waals surface area (Å²) in [4.78, 5) is 0.265. The average molecular weight is 306 g/mol. The zero-order valence-electron chi connectivity index (χ0n) is 11.4. The van der Waals surface area contributed by atoms with Crippen LogP contribution in [0.15, 0.2) is 42.5 Å². The van der Waals surface area contributed by atoms with E-state index in [1.807, 2.05) is 12.1 Å². The molecule has 2 aromatic rings. The van der Waals surface area contributed by atoms with Gasteiger partial charge in [-0.15, -0.1) is 0 Å². The molecular formula is C16H16ClNOS. The lowest BCUT2D eigenvalue weighted by Crippen LogP contribution is -2.10. The molecule has 0 spiro atoms. The highest BCUT2D eigenvalue weighted by atomic mass is 35.5. The van der Waals surface area contributed by atoms with Crippen LogP contribution in [0.3, 0.4) is 0 Å². The number of rotatable bonds is 4. The molecule has 2 aromatic carbocycles. The largest absolute Gasteiger partial charge is 0.457 e. The van der Waals surface area contributed by atoms with Crippen molar-refractivity contribution < 1.29 is 4.74 Å². The fourth-order valence-electron chi connectivity index (χ4n) is 1.83. The van der Waals surface area contributed by atoms with Crippen molar-refractivity contribution in [2.45, 2.75) is 19.8 Å². The van der Waals surface area contributed by atoms with Crippen LogP contribution in [-0.4, -0.2) is 4.99 Å². The molecule has 0 saturated carbocycles. The van der Waals surface area contributed by atoms with Crippen molar-refractivity contribution in [3.05, 3.63) is 58.6 Å². The molecule has 0 unspecified atom stereocenters. The monoisotopic (exact) mass is 305 g/mol. The minimum atomic E-state index is 0.265. The smallest absolute Gasteiger partial charge is 0.137 e. The molecule has 0 aliphatic rings. The van der Waals surface area contributed by atoms with E-state index in [9.17, 15) is 0 Å². The molecule has 0 saturated heterocycles. The maximum absolute atomic E-state index is 5.95. The summed E-state index contributed by atoms with van der Waals surface area (Å²) in [6, 6.07) is 13.2. The van der Waals surface area contributed by atoms with Crippen LogP contribution in [0, 0.1) is 0 Å². The summed E-state index contributed by atoms with van der Waals surface area (Å²) < 4.78 is 5.83. The molecule has 0 aromatic heterocycles. The minimum Gasteiger partial charge on any atom is -0.457 e. The van der Waals surface area contributed by atoms with E-state index in [0.29, 0.717) is 22.3 Å². The molecule has 0 aliphatic carbocycles. The lowest BCUT2D eigenvalue weighted by atomic mass is 10.0. The van der Waals surface area contributed by atoms with E-state index < -0.39 is 0 Å². The van der Waals surface area contributed by atoms with Crippen molar-refractivity contribution >= 4 is 28.8 Å². The molecule has 4 heteroatoms.